The number of carbonyl (C=O) groups excluding carboxylic acids is 1. The lowest BCUT2D eigenvalue weighted by molar-refractivity contribution is -0.114. The molecule has 2 atom stereocenters. The summed E-state index contributed by atoms with van der Waals surface area (Å²) in [5.41, 5.74) is 6.33. The Bertz CT molecular complexity index is 634. The van der Waals surface area contributed by atoms with Crippen LogP contribution < -0.4 is 11.1 Å². The molecule has 130 valence electrons. The Morgan fingerprint density at radius 3 is 2.48 bits per heavy atom. The summed E-state index contributed by atoms with van der Waals surface area (Å²) in [6.07, 6.45) is 1.64. The van der Waals surface area contributed by atoms with Gasteiger partial charge in [0, 0.05) is 31.7 Å². The number of halogens is 1. The van der Waals surface area contributed by atoms with Gasteiger partial charge in [-0.15, -0.1) is 12.4 Å². The van der Waals surface area contributed by atoms with E-state index in [1.54, 1.807) is 12.1 Å². The molecule has 1 aromatic rings. The Balaban J connectivity index is 0.00000264. The summed E-state index contributed by atoms with van der Waals surface area (Å²) in [6.45, 7) is 4.35. The number of rotatable bonds is 4. The van der Waals surface area contributed by atoms with E-state index in [9.17, 15) is 13.2 Å². The highest BCUT2D eigenvalue weighted by Crippen LogP contribution is 2.28. The number of hydrogen-bond donors (Lipinski definition) is 2. The van der Waals surface area contributed by atoms with E-state index in [1.807, 2.05) is 0 Å². The average Bonchev–Trinajstić information content (AvgIpc) is 2.46. The van der Waals surface area contributed by atoms with Gasteiger partial charge in [0.05, 0.1) is 4.90 Å². The summed E-state index contributed by atoms with van der Waals surface area (Å²) in [5.74, 6) is 0.297. The van der Waals surface area contributed by atoms with Gasteiger partial charge in [-0.1, -0.05) is 6.92 Å². The molecule has 23 heavy (non-hydrogen) atoms. The van der Waals surface area contributed by atoms with Crippen molar-refractivity contribution >= 4 is 34.0 Å². The van der Waals surface area contributed by atoms with Crippen LogP contribution in [0.2, 0.25) is 0 Å². The number of amides is 1. The van der Waals surface area contributed by atoms with Gasteiger partial charge >= 0.3 is 0 Å². The molecule has 2 rings (SSSR count). The summed E-state index contributed by atoms with van der Waals surface area (Å²) >= 11 is 0. The van der Waals surface area contributed by atoms with E-state index in [2.05, 4.69) is 12.2 Å². The molecule has 2 unspecified atom stereocenters. The number of anilines is 1. The second-order valence-corrected chi connectivity index (χ2v) is 7.73. The smallest absolute Gasteiger partial charge is 0.243 e. The summed E-state index contributed by atoms with van der Waals surface area (Å²) in [5, 5.41) is 2.62. The second kappa shape index (κ2) is 8.10. The molecule has 8 heteroatoms. The lowest BCUT2D eigenvalue weighted by atomic mass is 9.94. The number of hydrogen-bond acceptors (Lipinski definition) is 4. The van der Waals surface area contributed by atoms with Gasteiger partial charge in [0.25, 0.3) is 0 Å². The number of nitrogens with two attached hydrogens (primary N) is 1. The van der Waals surface area contributed by atoms with E-state index >= 15 is 0 Å². The molecule has 3 N–H and O–H groups in total. The highest BCUT2D eigenvalue weighted by atomic mass is 35.5. The molecule has 0 spiro atoms. The number of piperidine rings is 1. The molecule has 0 radical (unpaired) electrons. The van der Waals surface area contributed by atoms with Gasteiger partial charge in [0.1, 0.15) is 0 Å². The number of carbonyl (C=O) groups is 1. The number of sulfonamides is 1. The van der Waals surface area contributed by atoms with Gasteiger partial charge in [0.2, 0.25) is 15.9 Å². The van der Waals surface area contributed by atoms with E-state index < -0.39 is 10.0 Å². The quantitative estimate of drug-likeness (QED) is 0.855. The van der Waals surface area contributed by atoms with Crippen LogP contribution in [-0.4, -0.2) is 37.8 Å². The Hall–Kier alpha value is -1.15. The highest BCUT2D eigenvalue weighted by Gasteiger charge is 2.34. The predicted molar refractivity (Wildman–Crippen MR) is 93.1 cm³/mol. The van der Waals surface area contributed by atoms with Crippen LogP contribution >= 0.6 is 12.4 Å². The fraction of sp³-hybridized carbons (Fsp3) is 0.533. The standard InChI is InChI=1S/C15H23N3O3S.ClH/c1-11-7-8-18(14(9-11)10-16)22(20,21)15-5-3-13(4-6-15)17-12(2)19;/h3-6,11,14H,7-10,16H2,1-2H3,(H,17,19);1H. The molecule has 0 aliphatic carbocycles. The molecular weight excluding hydrogens is 338 g/mol. The van der Waals surface area contributed by atoms with Gasteiger partial charge in [0.15, 0.2) is 0 Å². The SMILES string of the molecule is CC(=O)Nc1ccc(S(=O)(=O)N2CCC(C)CC2CN)cc1.Cl. The van der Waals surface area contributed by atoms with Crippen LogP contribution in [-0.2, 0) is 14.8 Å². The van der Waals surface area contributed by atoms with Crippen molar-refractivity contribution in [2.45, 2.75) is 37.6 Å². The maximum atomic E-state index is 12.8. The van der Waals surface area contributed by atoms with Crippen LogP contribution in [0, 0.1) is 5.92 Å². The van der Waals surface area contributed by atoms with Gasteiger partial charge in [-0.2, -0.15) is 4.31 Å². The van der Waals surface area contributed by atoms with Crippen molar-refractivity contribution in [3.8, 4) is 0 Å². The Kier molecular flexibility index (Phi) is 7.01. The molecule has 0 bridgehead atoms. The normalized spacial score (nSPS) is 22.2. The Morgan fingerprint density at radius 1 is 1.35 bits per heavy atom. The zero-order valence-electron chi connectivity index (χ0n) is 13.4. The van der Waals surface area contributed by atoms with E-state index in [-0.39, 0.29) is 29.3 Å². The molecule has 1 amide bonds. The maximum Gasteiger partial charge on any atom is 0.243 e. The molecule has 0 aromatic heterocycles. The largest absolute Gasteiger partial charge is 0.329 e. The summed E-state index contributed by atoms with van der Waals surface area (Å²) in [6, 6.07) is 6.08. The minimum absolute atomic E-state index is 0. The van der Waals surface area contributed by atoms with Crippen molar-refractivity contribution < 1.29 is 13.2 Å². The fourth-order valence-corrected chi connectivity index (χ4v) is 4.47. The third kappa shape index (κ3) is 4.67. The van der Waals surface area contributed by atoms with E-state index in [0.717, 1.165) is 12.8 Å². The third-order valence-electron chi connectivity index (χ3n) is 3.98. The van der Waals surface area contributed by atoms with E-state index in [4.69, 9.17) is 5.73 Å². The van der Waals surface area contributed by atoms with Gasteiger partial charge in [-0.3, -0.25) is 4.79 Å². The Labute approximate surface area is 143 Å². The second-order valence-electron chi connectivity index (χ2n) is 5.84. The van der Waals surface area contributed by atoms with Crippen molar-refractivity contribution in [3.63, 3.8) is 0 Å². The molecule has 1 aliphatic rings. The van der Waals surface area contributed by atoms with Crippen molar-refractivity contribution in [1.82, 2.24) is 4.31 Å². The first kappa shape index (κ1) is 19.9. The molecular formula is C15H24ClN3O3S. The lowest BCUT2D eigenvalue weighted by Gasteiger charge is -2.36. The molecule has 1 fully saturated rings. The topological polar surface area (TPSA) is 92.5 Å². The predicted octanol–water partition coefficient (Wildman–Crippen LogP) is 1.81. The fourth-order valence-electron chi connectivity index (χ4n) is 2.81. The van der Waals surface area contributed by atoms with Crippen molar-refractivity contribution in [1.29, 1.82) is 0 Å². The molecule has 1 saturated heterocycles. The zero-order chi connectivity index (χ0) is 16.3. The van der Waals surface area contributed by atoms with Crippen LogP contribution in [0.15, 0.2) is 29.2 Å². The molecule has 1 heterocycles. The minimum atomic E-state index is -3.55. The molecule has 1 aliphatic heterocycles. The first-order valence-corrected chi connectivity index (χ1v) is 8.88. The van der Waals surface area contributed by atoms with E-state index in [1.165, 1.54) is 23.4 Å². The maximum absolute atomic E-state index is 12.8. The zero-order valence-corrected chi connectivity index (χ0v) is 15.0. The minimum Gasteiger partial charge on any atom is -0.329 e. The average molecular weight is 362 g/mol. The highest BCUT2D eigenvalue weighted by molar-refractivity contribution is 7.89. The third-order valence-corrected chi connectivity index (χ3v) is 5.94. The molecule has 6 nitrogen and oxygen atoms in total. The van der Waals surface area contributed by atoms with Gasteiger partial charge in [-0.05, 0) is 43.0 Å². The monoisotopic (exact) mass is 361 g/mol. The summed E-state index contributed by atoms with van der Waals surface area (Å²) < 4.78 is 27.1. The van der Waals surface area contributed by atoms with Crippen molar-refractivity contribution in [3.05, 3.63) is 24.3 Å². The van der Waals surface area contributed by atoms with Crippen LogP contribution in [0.25, 0.3) is 0 Å². The summed E-state index contributed by atoms with van der Waals surface area (Å²) in [7, 11) is -3.55. The summed E-state index contributed by atoms with van der Waals surface area (Å²) in [4.78, 5) is 11.2. The lowest BCUT2D eigenvalue weighted by Crippen LogP contribution is -2.49. The Morgan fingerprint density at radius 2 is 1.96 bits per heavy atom. The van der Waals surface area contributed by atoms with Crippen LogP contribution in [0.3, 0.4) is 0 Å². The number of nitrogens with zero attached hydrogens (tertiary/aromatic N) is 1. The first-order valence-electron chi connectivity index (χ1n) is 7.44. The van der Waals surface area contributed by atoms with Crippen LogP contribution in [0.5, 0.6) is 0 Å². The van der Waals surface area contributed by atoms with Crippen molar-refractivity contribution in [2.75, 3.05) is 18.4 Å². The van der Waals surface area contributed by atoms with Crippen LogP contribution in [0.1, 0.15) is 26.7 Å². The molecule has 1 aromatic carbocycles. The first-order chi connectivity index (χ1) is 10.3. The van der Waals surface area contributed by atoms with Crippen molar-refractivity contribution in [2.24, 2.45) is 11.7 Å². The molecule has 0 saturated carbocycles. The van der Waals surface area contributed by atoms with Gasteiger partial charge in [-0.25, -0.2) is 8.42 Å². The number of nitrogens with one attached hydrogen (secondary N) is 1. The van der Waals surface area contributed by atoms with Gasteiger partial charge < -0.3 is 11.1 Å². The van der Waals surface area contributed by atoms with E-state index in [0.29, 0.717) is 24.7 Å². The van der Waals surface area contributed by atoms with Crippen LogP contribution in [0.4, 0.5) is 5.69 Å². The number of benzene rings is 1.